The molecule has 2 aromatic rings. The summed E-state index contributed by atoms with van der Waals surface area (Å²) in [6.07, 6.45) is 5.05. The van der Waals surface area contributed by atoms with Crippen LogP contribution in [-0.2, 0) is 13.1 Å². The van der Waals surface area contributed by atoms with E-state index in [1.807, 2.05) is 15.7 Å². The van der Waals surface area contributed by atoms with Crippen molar-refractivity contribution in [3.05, 3.63) is 36.0 Å². The van der Waals surface area contributed by atoms with Gasteiger partial charge in [-0.3, -0.25) is 0 Å². The molecule has 18 heavy (non-hydrogen) atoms. The van der Waals surface area contributed by atoms with Crippen LogP contribution in [0.3, 0.4) is 0 Å². The Hall–Kier alpha value is -2.44. The van der Waals surface area contributed by atoms with Crippen molar-refractivity contribution in [2.75, 3.05) is 11.4 Å². The van der Waals surface area contributed by atoms with Crippen molar-refractivity contribution in [3.63, 3.8) is 0 Å². The fourth-order valence-electron chi connectivity index (χ4n) is 2.08. The molecule has 7 heteroatoms. The van der Waals surface area contributed by atoms with Crippen LogP contribution in [0.5, 0.6) is 0 Å². The fraction of sp³-hybridized carbons (Fsp3) is 0.273. The highest BCUT2D eigenvalue weighted by atomic mass is 16.4. The van der Waals surface area contributed by atoms with Gasteiger partial charge in [0.2, 0.25) is 0 Å². The Morgan fingerprint density at radius 1 is 1.33 bits per heavy atom. The molecule has 0 saturated carbocycles. The van der Waals surface area contributed by atoms with Crippen molar-refractivity contribution in [3.8, 4) is 0 Å². The van der Waals surface area contributed by atoms with Gasteiger partial charge < -0.3 is 14.6 Å². The predicted molar refractivity (Wildman–Crippen MR) is 62.3 cm³/mol. The standard InChI is InChI=1S/C11H11N5O2/c17-11(18)8-1-2-13-14-10(8)16-6-5-15-4-3-12-9(15)7-16/h1-4H,5-7H2,(H,17,18). The maximum absolute atomic E-state index is 11.1. The number of nitrogens with zero attached hydrogens (tertiary/aromatic N) is 5. The van der Waals surface area contributed by atoms with E-state index in [1.165, 1.54) is 12.3 Å². The quantitative estimate of drug-likeness (QED) is 0.824. The molecule has 0 aromatic carbocycles. The minimum Gasteiger partial charge on any atom is -0.478 e. The maximum atomic E-state index is 11.1. The molecule has 0 spiro atoms. The molecule has 0 aliphatic carbocycles. The SMILES string of the molecule is O=C(O)c1ccnnc1N1CCn2ccnc2C1. The zero-order valence-corrected chi connectivity index (χ0v) is 9.52. The van der Waals surface area contributed by atoms with E-state index < -0.39 is 5.97 Å². The van der Waals surface area contributed by atoms with Gasteiger partial charge in [0.05, 0.1) is 12.7 Å². The van der Waals surface area contributed by atoms with E-state index in [-0.39, 0.29) is 5.56 Å². The number of anilines is 1. The first-order valence-corrected chi connectivity index (χ1v) is 5.55. The molecule has 1 N–H and O–H groups in total. The van der Waals surface area contributed by atoms with Gasteiger partial charge in [0.15, 0.2) is 5.82 Å². The molecular formula is C11H11N5O2. The summed E-state index contributed by atoms with van der Waals surface area (Å²) in [6.45, 7) is 2.01. The third-order valence-electron chi connectivity index (χ3n) is 2.98. The minimum absolute atomic E-state index is 0.171. The van der Waals surface area contributed by atoms with Gasteiger partial charge in [-0.2, -0.15) is 5.10 Å². The van der Waals surface area contributed by atoms with Gasteiger partial charge >= 0.3 is 5.97 Å². The van der Waals surface area contributed by atoms with E-state index in [0.717, 1.165) is 12.4 Å². The van der Waals surface area contributed by atoms with E-state index >= 15 is 0 Å². The molecule has 0 fully saturated rings. The topological polar surface area (TPSA) is 84.1 Å². The number of hydrogen-bond donors (Lipinski definition) is 1. The van der Waals surface area contributed by atoms with Crippen LogP contribution in [-0.4, -0.2) is 37.4 Å². The molecule has 0 atom stereocenters. The average Bonchev–Trinajstić information content (AvgIpc) is 2.85. The van der Waals surface area contributed by atoms with Crippen LogP contribution in [0, 0.1) is 0 Å². The van der Waals surface area contributed by atoms with Crippen molar-refractivity contribution in [2.45, 2.75) is 13.1 Å². The Kier molecular flexibility index (Phi) is 2.44. The molecule has 0 saturated heterocycles. The largest absolute Gasteiger partial charge is 0.478 e. The highest BCUT2D eigenvalue weighted by Gasteiger charge is 2.22. The van der Waals surface area contributed by atoms with Crippen molar-refractivity contribution in [2.24, 2.45) is 0 Å². The molecule has 1 aliphatic heterocycles. The number of carboxylic acid groups (broad SMARTS) is 1. The van der Waals surface area contributed by atoms with Crippen LogP contribution in [0.25, 0.3) is 0 Å². The number of rotatable bonds is 2. The van der Waals surface area contributed by atoms with Crippen molar-refractivity contribution in [1.82, 2.24) is 19.7 Å². The van der Waals surface area contributed by atoms with Gasteiger partial charge in [-0.15, -0.1) is 5.10 Å². The van der Waals surface area contributed by atoms with Crippen LogP contribution in [0.15, 0.2) is 24.7 Å². The summed E-state index contributed by atoms with van der Waals surface area (Å²) >= 11 is 0. The predicted octanol–water partition coefficient (Wildman–Crippen LogP) is 0.391. The van der Waals surface area contributed by atoms with Crippen LogP contribution in [0.1, 0.15) is 16.2 Å². The summed E-state index contributed by atoms with van der Waals surface area (Å²) in [7, 11) is 0. The zero-order chi connectivity index (χ0) is 12.5. The van der Waals surface area contributed by atoms with E-state index in [2.05, 4.69) is 15.2 Å². The normalized spacial score (nSPS) is 14.3. The Morgan fingerprint density at radius 2 is 2.22 bits per heavy atom. The van der Waals surface area contributed by atoms with Gasteiger partial charge in [0.25, 0.3) is 0 Å². The Balaban J connectivity index is 1.95. The Labute approximate surface area is 103 Å². The monoisotopic (exact) mass is 245 g/mol. The highest BCUT2D eigenvalue weighted by Crippen LogP contribution is 2.21. The summed E-state index contributed by atoms with van der Waals surface area (Å²) in [4.78, 5) is 17.3. The molecule has 0 radical (unpaired) electrons. The smallest absolute Gasteiger partial charge is 0.339 e. The van der Waals surface area contributed by atoms with Gasteiger partial charge in [0, 0.05) is 25.5 Å². The number of hydrogen-bond acceptors (Lipinski definition) is 5. The first kappa shape index (κ1) is 10.7. The second-order valence-corrected chi connectivity index (χ2v) is 4.03. The Bertz CT molecular complexity index is 595. The number of aromatic carboxylic acids is 1. The third kappa shape index (κ3) is 1.69. The highest BCUT2D eigenvalue weighted by molar-refractivity contribution is 5.93. The van der Waals surface area contributed by atoms with Crippen molar-refractivity contribution < 1.29 is 9.90 Å². The van der Waals surface area contributed by atoms with Crippen LogP contribution in [0.2, 0.25) is 0 Å². The summed E-state index contributed by atoms with van der Waals surface area (Å²) in [5, 5.41) is 16.8. The van der Waals surface area contributed by atoms with Gasteiger partial charge in [-0.05, 0) is 6.07 Å². The van der Waals surface area contributed by atoms with Crippen LogP contribution in [0.4, 0.5) is 5.82 Å². The lowest BCUT2D eigenvalue weighted by Crippen LogP contribution is -2.35. The number of fused-ring (bicyclic) bond motifs is 1. The van der Waals surface area contributed by atoms with E-state index in [4.69, 9.17) is 5.11 Å². The number of imidazole rings is 1. The van der Waals surface area contributed by atoms with Crippen LogP contribution < -0.4 is 4.90 Å². The summed E-state index contributed by atoms with van der Waals surface area (Å²) in [5.41, 5.74) is 0.171. The minimum atomic E-state index is -0.992. The molecule has 0 amide bonds. The first-order valence-electron chi connectivity index (χ1n) is 5.55. The molecule has 0 bridgehead atoms. The second kappa shape index (κ2) is 4.10. The van der Waals surface area contributed by atoms with Crippen molar-refractivity contribution in [1.29, 1.82) is 0 Å². The summed E-state index contributed by atoms with van der Waals surface area (Å²) in [6, 6.07) is 1.46. The lowest BCUT2D eigenvalue weighted by atomic mass is 10.2. The Morgan fingerprint density at radius 3 is 3.06 bits per heavy atom. The van der Waals surface area contributed by atoms with Crippen LogP contribution >= 0.6 is 0 Å². The lowest BCUT2D eigenvalue weighted by molar-refractivity contribution is 0.0697. The molecule has 1 aliphatic rings. The molecular weight excluding hydrogens is 234 g/mol. The molecule has 2 aromatic heterocycles. The van der Waals surface area contributed by atoms with E-state index in [0.29, 0.717) is 18.9 Å². The summed E-state index contributed by atoms with van der Waals surface area (Å²) in [5.74, 6) is 0.316. The van der Waals surface area contributed by atoms with Gasteiger partial charge in [0.1, 0.15) is 11.4 Å². The molecule has 7 nitrogen and oxygen atoms in total. The summed E-state index contributed by atoms with van der Waals surface area (Å²) < 4.78 is 2.05. The fourth-order valence-corrected chi connectivity index (χ4v) is 2.08. The molecule has 3 rings (SSSR count). The number of carbonyl (C=O) groups is 1. The zero-order valence-electron chi connectivity index (χ0n) is 9.52. The molecule has 92 valence electrons. The van der Waals surface area contributed by atoms with Gasteiger partial charge in [-0.1, -0.05) is 0 Å². The van der Waals surface area contributed by atoms with Gasteiger partial charge in [-0.25, -0.2) is 9.78 Å². The molecule has 0 unspecified atom stereocenters. The first-order chi connectivity index (χ1) is 8.75. The molecule has 3 heterocycles. The second-order valence-electron chi connectivity index (χ2n) is 4.03. The van der Waals surface area contributed by atoms with Crippen molar-refractivity contribution >= 4 is 11.8 Å². The number of carboxylic acids is 1. The average molecular weight is 245 g/mol. The maximum Gasteiger partial charge on any atom is 0.339 e. The number of aromatic nitrogens is 4. The third-order valence-corrected chi connectivity index (χ3v) is 2.98. The van der Waals surface area contributed by atoms with E-state index in [1.54, 1.807) is 6.20 Å². The lowest BCUT2D eigenvalue weighted by Gasteiger charge is -2.28. The van der Waals surface area contributed by atoms with E-state index in [9.17, 15) is 4.79 Å².